The molecule has 1 aliphatic carbocycles. The lowest BCUT2D eigenvalue weighted by Gasteiger charge is -2.35. The molecule has 2 aliphatic rings. The lowest BCUT2D eigenvalue weighted by Crippen LogP contribution is -2.45. The first-order valence-corrected chi connectivity index (χ1v) is 7.99. The second-order valence-electron chi connectivity index (χ2n) is 6.40. The highest BCUT2D eigenvalue weighted by atomic mass is 35.5. The van der Waals surface area contributed by atoms with E-state index in [1.165, 1.54) is 18.9 Å². The number of rotatable bonds is 5. The van der Waals surface area contributed by atoms with Gasteiger partial charge in [0.1, 0.15) is 5.75 Å². The van der Waals surface area contributed by atoms with Crippen molar-refractivity contribution in [2.75, 3.05) is 26.2 Å². The van der Waals surface area contributed by atoms with Gasteiger partial charge in [0, 0.05) is 38.3 Å². The van der Waals surface area contributed by atoms with Gasteiger partial charge in [-0.1, -0.05) is 12.8 Å². The van der Waals surface area contributed by atoms with Crippen molar-refractivity contribution in [1.82, 2.24) is 10.2 Å². The fourth-order valence-electron chi connectivity index (χ4n) is 3.31. The Balaban J connectivity index is 0.00000144. The molecule has 1 aromatic carbocycles. The number of phenolic OH excluding ortho intramolecular Hbond substituents is 1. The third kappa shape index (κ3) is 4.51. The van der Waals surface area contributed by atoms with Crippen LogP contribution in [0.4, 0.5) is 5.69 Å². The van der Waals surface area contributed by atoms with Gasteiger partial charge in [0.05, 0.1) is 10.5 Å². The van der Waals surface area contributed by atoms with Gasteiger partial charge in [0.15, 0.2) is 0 Å². The van der Waals surface area contributed by atoms with Crippen LogP contribution in [0.25, 0.3) is 0 Å². The maximum Gasteiger partial charge on any atom is 0.277 e. The van der Waals surface area contributed by atoms with E-state index in [0.29, 0.717) is 17.0 Å². The highest BCUT2D eigenvalue weighted by Crippen LogP contribution is 2.45. The summed E-state index contributed by atoms with van der Waals surface area (Å²) in [7, 11) is 0. The smallest absolute Gasteiger partial charge is 0.277 e. The van der Waals surface area contributed by atoms with Crippen molar-refractivity contribution in [2.24, 2.45) is 5.92 Å². The molecule has 0 radical (unpaired) electrons. The molecule has 3 rings (SSSR count). The van der Waals surface area contributed by atoms with Crippen LogP contribution < -0.4 is 5.32 Å². The number of nitrogens with zero attached hydrogens (tertiary/aromatic N) is 2. The molecule has 2 N–H and O–H groups in total. The molecule has 1 atom stereocenters. The number of aromatic hydroxyl groups is 1. The fraction of sp³-hybridized carbons (Fsp3) is 0.625. The molecule has 8 heteroatoms. The maximum atomic E-state index is 11.4. The second-order valence-corrected chi connectivity index (χ2v) is 6.40. The molecule has 0 bridgehead atoms. The van der Waals surface area contributed by atoms with Gasteiger partial charge < -0.3 is 10.4 Å². The Labute approximate surface area is 154 Å². The Kier molecular flexibility index (Phi) is 7.73. The molecule has 24 heavy (non-hydrogen) atoms. The van der Waals surface area contributed by atoms with E-state index < -0.39 is 0 Å². The third-order valence-corrected chi connectivity index (χ3v) is 4.77. The number of phenols is 1. The molecule has 0 unspecified atom stereocenters. The summed E-state index contributed by atoms with van der Waals surface area (Å²) in [6.07, 6.45) is 3.30. The van der Waals surface area contributed by atoms with Crippen molar-refractivity contribution >= 4 is 30.5 Å². The maximum absolute atomic E-state index is 11.4. The molecular weight excluding hydrogens is 353 g/mol. The monoisotopic (exact) mass is 377 g/mol. The van der Waals surface area contributed by atoms with E-state index in [-0.39, 0.29) is 47.2 Å². The second kappa shape index (κ2) is 8.85. The number of nitrogens with one attached hydrogen (secondary N) is 1. The molecule has 1 aliphatic heterocycles. The molecule has 0 spiro atoms. The first kappa shape index (κ1) is 21.0. The van der Waals surface area contributed by atoms with Crippen molar-refractivity contribution in [3.8, 4) is 5.75 Å². The predicted molar refractivity (Wildman–Crippen MR) is 98.5 cm³/mol. The van der Waals surface area contributed by atoms with Crippen LogP contribution in [0.1, 0.15) is 36.4 Å². The normalized spacial score (nSPS) is 19.0. The van der Waals surface area contributed by atoms with Crippen molar-refractivity contribution in [2.45, 2.75) is 32.2 Å². The first-order valence-electron chi connectivity index (χ1n) is 7.99. The van der Waals surface area contributed by atoms with Crippen LogP contribution in [-0.4, -0.2) is 41.1 Å². The molecule has 0 aromatic heterocycles. The lowest BCUT2D eigenvalue weighted by atomic mass is 9.94. The third-order valence-electron chi connectivity index (χ3n) is 4.77. The number of aryl methyl sites for hydroxylation is 1. The summed E-state index contributed by atoms with van der Waals surface area (Å²) < 4.78 is 0. The summed E-state index contributed by atoms with van der Waals surface area (Å²) in [6.45, 7) is 5.31. The van der Waals surface area contributed by atoms with Crippen molar-refractivity contribution in [3.63, 3.8) is 0 Å². The molecule has 136 valence electrons. The zero-order chi connectivity index (χ0) is 15.7. The zero-order valence-electron chi connectivity index (χ0n) is 13.7. The van der Waals surface area contributed by atoms with Gasteiger partial charge >= 0.3 is 0 Å². The highest BCUT2D eigenvalue weighted by molar-refractivity contribution is 5.85. The van der Waals surface area contributed by atoms with Gasteiger partial charge in [0.2, 0.25) is 0 Å². The average molecular weight is 378 g/mol. The van der Waals surface area contributed by atoms with Crippen LogP contribution in [-0.2, 0) is 0 Å². The number of hydrogen-bond donors (Lipinski definition) is 2. The molecule has 1 saturated carbocycles. The summed E-state index contributed by atoms with van der Waals surface area (Å²) in [6, 6.07) is 3.10. The molecule has 1 saturated heterocycles. The topological polar surface area (TPSA) is 78.6 Å². The quantitative estimate of drug-likeness (QED) is 0.608. The first-order chi connectivity index (χ1) is 10.6. The Morgan fingerprint density at radius 1 is 1.33 bits per heavy atom. The summed E-state index contributed by atoms with van der Waals surface area (Å²) in [5.74, 6) is 0.734. The summed E-state index contributed by atoms with van der Waals surface area (Å²) in [5.41, 5.74) is 1.27. The number of hydrogen-bond acceptors (Lipinski definition) is 5. The molecule has 1 aromatic rings. The standard InChI is InChI=1S/C16H23N3O3.2ClH/c1-11-2-5-13(19(21)22)15(16(11)20)14(10-12-3-4-12)18-8-6-17-7-9-18;;/h2,5,12,14,17,20H,3-4,6-10H2,1H3;2*1H/t14-;;/m1../s1. The zero-order valence-corrected chi connectivity index (χ0v) is 15.4. The van der Waals surface area contributed by atoms with E-state index in [9.17, 15) is 15.2 Å². The largest absolute Gasteiger partial charge is 0.507 e. The number of nitro benzene ring substituents is 1. The van der Waals surface area contributed by atoms with E-state index in [0.717, 1.165) is 32.6 Å². The van der Waals surface area contributed by atoms with Gasteiger partial charge in [-0.3, -0.25) is 15.0 Å². The summed E-state index contributed by atoms with van der Waals surface area (Å²) in [4.78, 5) is 13.4. The van der Waals surface area contributed by atoms with Gasteiger partial charge in [-0.2, -0.15) is 0 Å². The van der Waals surface area contributed by atoms with Crippen LogP contribution in [0.15, 0.2) is 12.1 Å². The Morgan fingerprint density at radius 2 is 1.96 bits per heavy atom. The minimum Gasteiger partial charge on any atom is -0.507 e. The van der Waals surface area contributed by atoms with Crippen molar-refractivity contribution in [3.05, 3.63) is 33.4 Å². The number of piperazine rings is 1. The van der Waals surface area contributed by atoms with Crippen LogP contribution in [0.3, 0.4) is 0 Å². The van der Waals surface area contributed by atoms with Gasteiger partial charge in [-0.25, -0.2) is 0 Å². The van der Waals surface area contributed by atoms with E-state index in [1.54, 1.807) is 13.0 Å². The van der Waals surface area contributed by atoms with Crippen LogP contribution in [0.2, 0.25) is 0 Å². The van der Waals surface area contributed by atoms with Gasteiger partial charge in [0.25, 0.3) is 5.69 Å². The molecule has 0 amide bonds. The van der Waals surface area contributed by atoms with E-state index in [4.69, 9.17) is 0 Å². The highest BCUT2D eigenvalue weighted by Gasteiger charge is 2.36. The summed E-state index contributed by atoms with van der Waals surface area (Å²) >= 11 is 0. The summed E-state index contributed by atoms with van der Waals surface area (Å²) in [5, 5.41) is 25.3. The molecule has 2 fully saturated rings. The van der Waals surface area contributed by atoms with E-state index in [2.05, 4.69) is 10.2 Å². The van der Waals surface area contributed by atoms with Crippen molar-refractivity contribution < 1.29 is 10.0 Å². The van der Waals surface area contributed by atoms with Gasteiger partial charge in [-0.15, -0.1) is 24.8 Å². The van der Waals surface area contributed by atoms with Crippen molar-refractivity contribution in [1.29, 1.82) is 0 Å². The predicted octanol–water partition coefficient (Wildman–Crippen LogP) is 3.20. The minimum atomic E-state index is -0.364. The lowest BCUT2D eigenvalue weighted by molar-refractivity contribution is -0.386. The van der Waals surface area contributed by atoms with Crippen LogP contribution >= 0.6 is 24.8 Å². The van der Waals surface area contributed by atoms with Crippen LogP contribution in [0.5, 0.6) is 5.75 Å². The van der Waals surface area contributed by atoms with E-state index >= 15 is 0 Å². The Bertz CT molecular complexity index is 576. The number of benzene rings is 1. The SMILES string of the molecule is Cc1ccc([N+](=O)[O-])c([C@@H](CC2CC2)N2CCNCC2)c1O.Cl.Cl. The number of halogens is 2. The number of nitro groups is 1. The Morgan fingerprint density at radius 3 is 2.50 bits per heavy atom. The average Bonchev–Trinajstić information content (AvgIpc) is 3.32. The van der Waals surface area contributed by atoms with E-state index in [1.807, 2.05) is 0 Å². The molecule has 1 heterocycles. The fourth-order valence-corrected chi connectivity index (χ4v) is 3.31. The molecular formula is C16H25Cl2N3O3. The van der Waals surface area contributed by atoms with Gasteiger partial charge in [-0.05, 0) is 30.9 Å². The Hall–Kier alpha value is -1.08. The van der Waals surface area contributed by atoms with Crippen LogP contribution in [0, 0.1) is 23.0 Å². The molecule has 6 nitrogen and oxygen atoms in total. The minimum absolute atomic E-state index is 0.